The Morgan fingerprint density at radius 3 is 2.83 bits per heavy atom. The van der Waals surface area contributed by atoms with Gasteiger partial charge in [-0.1, -0.05) is 12.1 Å². The fraction of sp³-hybridized carbons (Fsp3) is 0.389. The van der Waals surface area contributed by atoms with Gasteiger partial charge in [0.25, 0.3) is 5.91 Å². The van der Waals surface area contributed by atoms with Gasteiger partial charge < -0.3 is 14.4 Å². The van der Waals surface area contributed by atoms with Crippen LogP contribution in [0.3, 0.4) is 0 Å². The maximum Gasteiger partial charge on any atom is 0.254 e. The number of benzene rings is 1. The van der Waals surface area contributed by atoms with Crippen molar-refractivity contribution in [2.75, 3.05) is 26.8 Å². The van der Waals surface area contributed by atoms with Crippen LogP contribution in [0, 0.1) is 6.92 Å². The van der Waals surface area contributed by atoms with E-state index in [0.29, 0.717) is 37.7 Å². The van der Waals surface area contributed by atoms with Crippen LogP contribution in [0.1, 0.15) is 33.5 Å². The molecule has 0 saturated carbocycles. The summed E-state index contributed by atoms with van der Waals surface area (Å²) in [5, 5.41) is 0. The molecule has 2 aromatic rings. The number of carbonyl (C=O) groups excluding carboxylic acids is 1. The quantitative estimate of drug-likeness (QED) is 0.861. The van der Waals surface area contributed by atoms with Gasteiger partial charge in [0.2, 0.25) is 0 Å². The van der Waals surface area contributed by atoms with E-state index in [-0.39, 0.29) is 12.0 Å². The zero-order valence-electron chi connectivity index (χ0n) is 13.9. The molecule has 1 saturated heterocycles. The van der Waals surface area contributed by atoms with Gasteiger partial charge in [-0.2, -0.15) is 0 Å². The molecule has 1 aromatic heterocycles. The molecule has 3 rings (SSSR count). The van der Waals surface area contributed by atoms with Gasteiger partial charge in [-0.3, -0.25) is 4.79 Å². The first-order chi connectivity index (χ1) is 11.7. The highest BCUT2D eigenvalue weighted by molar-refractivity contribution is 5.94. The Morgan fingerprint density at radius 1 is 1.33 bits per heavy atom. The number of nitrogens with zero attached hydrogens (tertiary/aromatic N) is 3. The molecule has 0 aliphatic carbocycles. The largest absolute Gasteiger partial charge is 0.380 e. The van der Waals surface area contributed by atoms with Gasteiger partial charge in [-0.05, 0) is 30.7 Å². The first-order valence-electron chi connectivity index (χ1n) is 7.95. The van der Waals surface area contributed by atoms with E-state index in [9.17, 15) is 4.79 Å². The summed E-state index contributed by atoms with van der Waals surface area (Å²) in [6, 6.07) is 9.36. The van der Waals surface area contributed by atoms with E-state index in [4.69, 9.17) is 9.47 Å². The topological polar surface area (TPSA) is 64.5 Å². The molecular formula is C18H21N3O3. The second kappa shape index (κ2) is 7.51. The molecule has 1 atom stereocenters. The number of aromatic nitrogens is 2. The van der Waals surface area contributed by atoms with E-state index < -0.39 is 0 Å². The molecule has 0 bridgehead atoms. The van der Waals surface area contributed by atoms with E-state index >= 15 is 0 Å². The molecule has 0 unspecified atom stereocenters. The molecule has 1 amide bonds. The number of methoxy groups -OCH3 is 1. The highest BCUT2D eigenvalue weighted by Crippen LogP contribution is 2.22. The van der Waals surface area contributed by atoms with Crippen LogP contribution in [-0.2, 0) is 16.1 Å². The van der Waals surface area contributed by atoms with Gasteiger partial charge in [0.15, 0.2) is 0 Å². The summed E-state index contributed by atoms with van der Waals surface area (Å²) in [4.78, 5) is 23.0. The zero-order valence-corrected chi connectivity index (χ0v) is 13.9. The number of amides is 1. The summed E-state index contributed by atoms with van der Waals surface area (Å²) < 4.78 is 10.9. The van der Waals surface area contributed by atoms with Crippen LogP contribution in [0.4, 0.5) is 0 Å². The first-order valence-corrected chi connectivity index (χ1v) is 7.95. The smallest absolute Gasteiger partial charge is 0.254 e. The number of aryl methyl sites for hydroxylation is 1. The fourth-order valence-corrected chi connectivity index (χ4v) is 2.76. The number of carbonyl (C=O) groups is 1. The highest BCUT2D eigenvalue weighted by Gasteiger charge is 2.27. The van der Waals surface area contributed by atoms with Gasteiger partial charge in [0.1, 0.15) is 11.9 Å². The second-order valence-electron chi connectivity index (χ2n) is 5.77. The van der Waals surface area contributed by atoms with Crippen LogP contribution < -0.4 is 0 Å². The average Bonchev–Trinajstić information content (AvgIpc) is 2.62. The van der Waals surface area contributed by atoms with Crippen LogP contribution in [-0.4, -0.2) is 47.6 Å². The van der Waals surface area contributed by atoms with Crippen molar-refractivity contribution in [1.82, 2.24) is 14.9 Å². The Kier molecular flexibility index (Phi) is 5.17. The SMILES string of the molecule is COCc1ccc(C(=O)N2CCO[C@@H](c3ccnc(C)n3)C2)cc1. The minimum atomic E-state index is -0.211. The van der Waals surface area contributed by atoms with Gasteiger partial charge in [0, 0.05) is 25.4 Å². The monoisotopic (exact) mass is 327 g/mol. The third-order valence-corrected chi connectivity index (χ3v) is 3.99. The van der Waals surface area contributed by atoms with E-state index in [2.05, 4.69) is 9.97 Å². The van der Waals surface area contributed by atoms with Crippen LogP contribution in [0.25, 0.3) is 0 Å². The number of hydrogen-bond acceptors (Lipinski definition) is 5. The molecule has 126 valence electrons. The van der Waals surface area contributed by atoms with Crippen molar-refractivity contribution in [2.45, 2.75) is 19.6 Å². The molecule has 0 spiro atoms. The lowest BCUT2D eigenvalue weighted by molar-refractivity contribution is -0.0248. The minimum Gasteiger partial charge on any atom is -0.380 e. The molecule has 24 heavy (non-hydrogen) atoms. The normalized spacial score (nSPS) is 17.8. The van der Waals surface area contributed by atoms with Crippen LogP contribution in [0.15, 0.2) is 36.5 Å². The fourth-order valence-electron chi connectivity index (χ4n) is 2.76. The second-order valence-corrected chi connectivity index (χ2v) is 5.77. The van der Waals surface area contributed by atoms with Crippen LogP contribution in [0.2, 0.25) is 0 Å². The number of morpholine rings is 1. The van der Waals surface area contributed by atoms with Crippen molar-refractivity contribution < 1.29 is 14.3 Å². The summed E-state index contributed by atoms with van der Waals surface area (Å²) in [5.74, 6) is 0.714. The Hall–Kier alpha value is -2.31. The van der Waals surface area contributed by atoms with E-state index in [1.54, 1.807) is 13.3 Å². The molecule has 0 N–H and O–H groups in total. The van der Waals surface area contributed by atoms with Gasteiger partial charge in [0.05, 0.1) is 25.5 Å². The first kappa shape index (κ1) is 16.5. The predicted octanol–water partition coefficient (Wildman–Crippen LogP) is 2.15. The Bertz CT molecular complexity index is 703. The number of hydrogen-bond donors (Lipinski definition) is 0. The third-order valence-electron chi connectivity index (χ3n) is 3.99. The van der Waals surface area contributed by atoms with Gasteiger partial charge in [-0.15, -0.1) is 0 Å². The van der Waals surface area contributed by atoms with Crippen LogP contribution >= 0.6 is 0 Å². The van der Waals surface area contributed by atoms with Crippen molar-refractivity contribution in [3.63, 3.8) is 0 Å². The molecule has 1 fully saturated rings. The number of ether oxygens (including phenoxy) is 2. The zero-order chi connectivity index (χ0) is 16.9. The molecule has 1 aliphatic heterocycles. The highest BCUT2D eigenvalue weighted by atomic mass is 16.5. The summed E-state index contributed by atoms with van der Waals surface area (Å²) in [6.07, 6.45) is 1.51. The molecule has 2 heterocycles. The van der Waals surface area contributed by atoms with E-state index in [1.807, 2.05) is 42.2 Å². The molecular weight excluding hydrogens is 306 g/mol. The van der Waals surface area contributed by atoms with Gasteiger partial charge in [-0.25, -0.2) is 9.97 Å². The van der Waals surface area contributed by atoms with Crippen molar-refractivity contribution in [2.24, 2.45) is 0 Å². The summed E-state index contributed by atoms with van der Waals surface area (Å²) in [6.45, 7) is 3.97. The number of rotatable bonds is 4. The molecule has 6 heteroatoms. The van der Waals surface area contributed by atoms with E-state index in [0.717, 1.165) is 11.3 Å². The van der Waals surface area contributed by atoms with Crippen molar-refractivity contribution in [3.8, 4) is 0 Å². The van der Waals surface area contributed by atoms with Crippen molar-refractivity contribution in [1.29, 1.82) is 0 Å². The average molecular weight is 327 g/mol. The Morgan fingerprint density at radius 2 is 2.12 bits per heavy atom. The Labute approximate surface area is 141 Å². The standard InChI is InChI=1S/C18H21N3O3/c1-13-19-8-7-16(20-13)17-11-21(9-10-24-17)18(22)15-5-3-14(4-6-15)12-23-2/h3-8,17H,9-12H2,1-2H3/t17-/m1/s1. The summed E-state index contributed by atoms with van der Waals surface area (Å²) >= 11 is 0. The van der Waals surface area contributed by atoms with E-state index in [1.165, 1.54) is 0 Å². The lowest BCUT2D eigenvalue weighted by Gasteiger charge is -2.32. The Balaban J connectivity index is 1.70. The van der Waals surface area contributed by atoms with Crippen LogP contribution in [0.5, 0.6) is 0 Å². The summed E-state index contributed by atoms with van der Waals surface area (Å²) in [5.41, 5.74) is 2.54. The molecule has 1 aromatic carbocycles. The van der Waals surface area contributed by atoms with Crippen molar-refractivity contribution in [3.05, 3.63) is 59.2 Å². The maximum absolute atomic E-state index is 12.7. The minimum absolute atomic E-state index is 0.0121. The lowest BCUT2D eigenvalue weighted by Crippen LogP contribution is -2.42. The lowest BCUT2D eigenvalue weighted by atomic mass is 10.1. The molecule has 6 nitrogen and oxygen atoms in total. The van der Waals surface area contributed by atoms with Crippen molar-refractivity contribution >= 4 is 5.91 Å². The molecule has 1 aliphatic rings. The molecule has 0 radical (unpaired) electrons. The predicted molar refractivity (Wildman–Crippen MR) is 88.5 cm³/mol. The third kappa shape index (κ3) is 3.77. The summed E-state index contributed by atoms with van der Waals surface area (Å²) in [7, 11) is 1.65. The maximum atomic E-state index is 12.7. The van der Waals surface area contributed by atoms with Gasteiger partial charge >= 0.3 is 0 Å².